The predicted molar refractivity (Wildman–Crippen MR) is 49.2 cm³/mol. The molecule has 2 heterocycles. The summed E-state index contributed by atoms with van der Waals surface area (Å²) in [6, 6.07) is 0. The molecular weight excluding hydrogens is 174 g/mol. The quantitative estimate of drug-likeness (QED) is 0.655. The Morgan fingerprint density at radius 2 is 2.00 bits per heavy atom. The number of hydrogen-bond donors (Lipinski definition) is 1. The SMILES string of the molecule is CNC12OC3C4C5CC(C6C5C3C61)C42. The van der Waals surface area contributed by atoms with Crippen LogP contribution in [0.1, 0.15) is 6.42 Å². The highest BCUT2D eigenvalue weighted by Gasteiger charge is 2.92. The van der Waals surface area contributed by atoms with Gasteiger partial charge in [0.05, 0.1) is 6.10 Å². The maximum absolute atomic E-state index is 6.39. The average Bonchev–Trinajstić information content (AvgIpc) is 2.72. The molecule has 2 saturated heterocycles. The van der Waals surface area contributed by atoms with E-state index in [0.717, 1.165) is 47.3 Å². The summed E-state index contributed by atoms with van der Waals surface area (Å²) in [5.41, 5.74) is 0.178. The highest BCUT2D eigenvalue weighted by atomic mass is 16.5. The first-order valence-electron chi connectivity index (χ1n) is 6.25. The predicted octanol–water partition coefficient (Wildman–Crippen LogP) is 0.689. The second-order valence-corrected chi connectivity index (χ2v) is 6.55. The second kappa shape index (κ2) is 1.42. The lowest BCUT2D eigenvalue weighted by molar-refractivity contribution is -0.0519. The Morgan fingerprint density at radius 1 is 1.07 bits per heavy atom. The van der Waals surface area contributed by atoms with Gasteiger partial charge in [-0.25, -0.2) is 0 Å². The van der Waals surface area contributed by atoms with Crippen LogP contribution in [0.5, 0.6) is 0 Å². The Kier molecular flexibility index (Phi) is 0.660. The Balaban J connectivity index is 1.76. The third kappa shape index (κ3) is 0.308. The largest absolute Gasteiger partial charge is 0.356 e. The first-order chi connectivity index (χ1) is 6.88. The summed E-state index contributed by atoms with van der Waals surface area (Å²) in [6.45, 7) is 0. The molecule has 0 aromatic carbocycles. The van der Waals surface area contributed by atoms with Gasteiger partial charge in [-0.2, -0.15) is 0 Å². The van der Waals surface area contributed by atoms with Crippen LogP contribution in [0.4, 0.5) is 0 Å². The van der Waals surface area contributed by atoms with E-state index in [1.165, 1.54) is 0 Å². The van der Waals surface area contributed by atoms with Crippen molar-refractivity contribution in [1.29, 1.82) is 0 Å². The molecule has 0 spiro atoms. The van der Waals surface area contributed by atoms with Gasteiger partial charge in [-0.3, -0.25) is 5.32 Å². The van der Waals surface area contributed by atoms with Gasteiger partial charge in [-0.15, -0.1) is 0 Å². The van der Waals surface area contributed by atoms with E-state index in [1.807, 2.05) is 0 Å². The van der Waals surface area contributed by atoms with Gasteiger partial charge in [0.1, 0.15) is 5.72 Å². The molecule has 7 rings (SSSR count). The van der Waals surface area contributed by atoms with E-state index >= 15 is 0 Å². The minimum Gasteiger partial charge on any atom is -0.356 e. The van der Waals surface area contributed by atoms with E-state index in [2.05, 4.69) is 12.4 Å². The molecule has 5 saturated carbocycles. The van der Waals surface area contributed by atoms with Gasteiger partial charge in [-0.1, -0.05) is 0 Å². The molecule has 4 bridgehead atoms. The Hall–Kier alpha value is -0.0800. The standard InChI is InChI=1S/C12H15NO/c1-13-12-9-4-2-3-5-6(4)10(12)8(5)11(14-12)7(3)9/h3-11,13H,2H2,1H3. The lowest BCUT2D eigenvalue weighted by atomic mass is 9.59. The molecule has 0 radical (unpaired) electrons. The monoisotopic (exact) mass is 189 g/mol. The summed E-state index contributed by atoms with van der Waals surface area (Å²) in [6.07, 6.45) is 2.26. The minimum absolute atomic E-state index is 0.178. The molecule has 2 heteroatoms. The van der Waals surface area contributed by atoms with Crippen LogP contribution in [0.25, 0.3) is 0 Å². The molecule has 0 aromatic rings. The van der Waals surface area contributed by atoms with Crippen LogP contribution in [-0.4, -0.2) is 18.9 Å². The topological polar surface area (TPSA) is 21.3 Å². The molecule has 5 aliphatic carbocycles. The highest BCUT2D eigenvalue weighted by Crippen LogP contribution is 2.89. The van der Waals surface area contributed by atoms with E-state index in [-0.39, 0.29) is 5.72 Å². The first kappa shape index (κ1) is 6.49. The highest BCUT2D eigenvalue weighted by molar-refractivity contribution is 5.38. The normalized spacial score (nSPS) is 87.6. The van der Waals surface area contributed by atoms with E-state index in [1.54, 1.807) is 6.42 Å². The molecule has 2 nitrogen and oxygen atoms in total. The molecule has 1 N–H and O–H groups in total. The molecule has 0 amide bonds. The summed E-state index contributed by atoms with van der Waals surface area (Å²) < 4.78 is 6.39. The van der Waals surface area contributed by atoms with Crippen molar-refractivity contribution in [3.63, 3.8) is 0 Å². The molecule has 10 atom stereocenters. The molecule has 74 valence electrons. The van der Waals surface area contributed by atoms with E-state index in [4.69, 9.17) is 4.74 Å². The van der Waals surface area contributed by atoms with Gasteiger partial charge in [0, 0.05) is 11.8 Å². The molecule has 0 aromatic heterocycles. The number of rotatable bonds is 1. The van der Waals surface area contributed by atoms with Gasteiger partial charge in [0.25, 0.3) is 0 Å². The van der Waals surface area contributed by atoms with Crippen LogP contribution in [-0.2, 0) is 4.74 Å². The maximum Gasteiger partial charge on any atom is 0.126 e. The fourth-order valence-electron chi connectivity index (χ4n) is 7.41. The smallest absolute Gasteiger partial charge is 0.126 e. The lowest BCUT2D eigenvalue weighted by Gasteiger charge is -2.45. The molecule has 2 aliphatic heterocycles. The van der Waals surface area contributed by atoms with E-state index < -0.39 is 0 Å². The first-order valence-corrected chi connectivity index (χ1v) is 6.25. The fourth-order valence-corrected chi connectivity index (χ4v) is 7.41. The number of nitrogens with one attached hydrogen (secondary N) is 1. The zero-order valence-corrected chi connectivity index (χ0v) is 8.31. The maximum atomic E-state index is 6.39. The molecular formula is C12H15NO. The van der Waals surface area contributed by atoms with Crippen molar-refractivity contribution in [2.45, 2.75) is 18.2 Å². The van der Waals surface area contributed by atoms with Crippen molar-refractivity contribution in [2.75, 3.05) is 7.05 Å². The zero-order chi connectivity index (χ0) is 8.82. The average molecular weight is 189 g/mol. The van der Waals surface area contributed by atoms with Crippen molar-refractivity contribution in [2.24, 2.45) is 47.3 Å². The van der Waals surface area contributed by atoms with Crippen LogP contribution in [0.3, 0.4) is 0 Å². The fraction of sp³-hybridized carbons (Fsp3) is 1.00. The number of ether oxygens (including phenoxy) is 1. The van der Waals surface area contributed by atoms with Gasteiger partial charge in [-0.05, 0) is 49.0 Å². The third-order valence-electron chi connectivity index (χ3n) is 7.09. The van der Waals surface area contributed by atoms with Crippen molar-refractivity contribution in [1.82, 2.24) is 5.32 Å². The van der Waals surface area contributed by atoms with Crippen LogP contribution in [0.2, 0.25) is 0 Å². The van der Waals surface area contributed by atoms with Crippen molar-refractivity contribution in [3.8, 4) is 0 Å². The van der Waals surface area contributed by atoms with Crippen LogP contribution >= 0.6 is 0 Å². The number of hydrogen-bond acceptors (Lipinski definition) is 2. The Morgan fingerprint density at radius 3 is 2.86 bits per heavy atom. The van der Waals surface area contributed by atoms with Crippen molar-refractivity contribution < 1.29 is 4.74 Å². The molecule has 14 heavy (non-hydrogen) atoms. The van der Waals surface area contributed by atoms with Crippen LogP contribution in [0.15, 0.2) is 0 Å². The van der Waals surface area contributed by atoms with E-state index in [9.17, 15) is 0 Å². The van der Waals surface area contributed by atoms with Gasteiger partial charge in [0.15, 0.2) is 0 Å². The Labute approximate surface area is 83.4 Å². The van der Waals surface area contributed by atoms with Crippen molar-refractivity contribution >= 4 is 0 Å². The molecule has 10 unspecified atom stereocenters. The van der Waals surface area contributed by atoms with E-state index in [0.29, 0.717) is 6.10 Å². The third-order valence-corrected chi connectivity index (χ3v) is 7.09. The molecule has 7 fully saturated rings. The van der Waals surface area contributed by atoms with Crippen molar-refractivity contribution in [3.05, 3.63) is 0 Å². The summed E-state index contributed by atoms with van der Waals surface area (Å²) in [4.78, 5) is 0. The second-order valence-electron chi connectivity index (χ2n) is 6.55. The summed E-state index contributed by atoms with van der Waals surface area (Å²) in [5.74, 6) is 8.20. The lowest BCUT2D eigenvalue weighted by Crippen LogP contribution is -2.55. The zero-order valence-electron chi connectivity index (χ0n) is 8.31. The Bertz CT molecular complexity index is 373. The summed E-state index contributed by atoms with van der Waals surface area (Å²) in [7, 11) is 2.13. The minimum atomic E-state index is 0.178. The van der Waals surface area contributed by atoms with Gasteiger partial charge >= 0.3 is 0 Å². The van der Waals surface area contributed by atoms with Crippen LogP contribution in [0, 0.1) is 47.3 Å². The van der Waals surface area contributed by atoms with Gasteiger partial charge in [0.2, 0.25) is 0 Å². The van der Waals surface area contributed by atoms with Crippen LogP contribution < -0.4 is 5.32 Å². The summed E-state index contributed by atoms with van der Waals surface area (Å²) in [5, 5.41) is 3.58. The summed E-state index contributed by atoms with van der Waals surface area (Å²) >= 11 is 0. The van der Waals surface area contributed by atoms with Gasteiger partial charge < -0.3 is 4.74 Å². The molecule has 7 aliphatic rings.